The number of amides is 1. The number of thioether (sulfide) groups is 1. The number of aryl methyl sites for hydroxylation is 1. The third-order valence-corrected chi connectivity index (χ3v) is 5.96. The van der Waals surface area contributed by atoms with Crippen molar-refractivity contribution in [3.8, 4) is 0 Å². The van der Waals surface area contributed by atoms with Crippen LogP contribution in [0.5, 0.6) is 0 Å². The van der Waals surface area contributed by atoms with Gasteiger partial charge in [0.05, 0.1) is 11.7 Å². The first-order chi connectivity index (χ1) is 13.1. The van der Waals surface area contributed by atoms with Crippen LogP contribution in [0.25, 0.3) is 21.8 Å². The lowest BCUT2D eigenvalue weighted by Gasteiger charge is -2.16. The van der Waals surface area contributed by atoms with Gasteiger partial charge in [0.15, 0.2) is 0 Å². The van der Waals surface area contributed by atoms with Gasteiger partial charge in [-0.25, -0.2) is 4.68 Å². The molecule has 0 aliphatic heterocycles. The molecule has 1 N–H and O–H groups in total. The Morgan fingerprint density at radius 2 is 2.04 bits per heavy atom. The number of nitrogens with one attached hydrogen (secondary N) is 1. The highest BCUT2D eigenvalue weighted by Crippen LogP contribution is 2.29. The Morgan fingerprint density at radius 1 is 1.26 bits per heavy atom. The molecule has 2 aromatic heterocycles. The minimum Gasteiger partial charge on any atom is -0.354 e. The van der Waals surface area contributed by atoms with E-state index in [2.05, 4.69) is 17.3 Å². The van der Waals surface area contributed by atoms with Crippen LogP contribution in [0.4, 0.5) is 0 Å². The van der Waals surface area contributed by atoms with E-state index in [1.807, 2.05) is 47.5 Å². The Morgan fingerprint density at radius 3 is 2.81 bits per heavy atom. The van der Waals surface area contributed by atoms with Gasteiger partial charge in [-0.2, -0.15) is 16.9 Å². The van der Waals surface area contributed by atoms with Gasteiger partial charge in [-0.05, 0) is 37.3 Å². The summed E-state index contributed by atoms with van der Waals surface area (Å²) in [7, 11) is 1.63. The van der Waals surface area contributed by atoms with E-state index in [1.54, 1.807) is 13.2 Å². The van der Waals surface area contributed by atoms with Crippen LogP contribution in [0.15, 0.2) is 35.3 Å². The van der Waals surface area contributed by atoms with Crippen LogP contribution in [0.3, 0.4) is 0 Å². The van der Waals surface area contributed by atoms with Crippen molar-refractivity contribution in [2.75, 3.05) is 18.1 Å². The van der Waals surface area contributed by atoms with Gasteiger partial charge in [-0.3, -0.25) is 9.59 Å². The Balaban J connectivity index is 1.89. The van der Waals surface area contributed by atoms with Crippen molar-refractivity contribution in [3.63, 3.8) is 0 Å². The highest BCUT2D eigenvalue weighted by atomic mass is 32.2. The highest BCUT2D eigenvalue weighted by molar-refractivity contribution is 7.99. The molecule has 0 saturated carbocycles. The quantitative estimate of drug-likeness (QED) is 0.604. The molecule has 1 unspecified atom stereocenters. The van der Waals surface area contributed by atoms with Gasteiger partial charge in [-0.15, -0.1) is 0 Å². The van der Waals surface area contributed by atoms with Crippen LogP contribution in [0.1, 0.15) is 32.7 Å². The molecule has 0 radical (unpaired) electrons. The number of hydrogen-bond acceptors (Lipinski definition) is 4. The summed E-state index contributed by atoms with van der Waals surface area (Å²) in [5, 5.41) is 8.88. The SMILES string of the molecule is CCCSCCCNC(=O)C(C)n1c2ccccc2c2cnn(C)c(=O)c21. The van der Waals surface area contributed by atoms with E-state index in [0.717, 1.165) is 34.2 Å². The van der Waals surface area contributed by atoms with Crippen LogP contribution in [0.2, 0.25) is 0 Å². The fraction of sp³-hybridized carbons (Fsp3) is 0.450. The standard InChI is InChI=1S/C20H26N4O2S/c1-4-11-27-12-7-10-21-19(25)14(2)24-17-9-6-5-8-15(17)16-13-22-23(3)20(26)18(16)24/h5-6,8-9,13-14H,4,7,10-12H2,1-3H3,(H,21,25). The number of nitrogens with zero attached hydrogens (tertiary/aromatic N) is 3. The van der Waals surface area contributed by atoms with Gasteiger partial charge in [0.25, 0.3) is 5.56 Å². The van der Waals surface area contributed by atoms with Crippen LogP contribution < -0.4 is 10.9 Å². The fourth-order valence-electron chi connectivity index (χ4n) is 3.29. The third kappa shape index (κ3) is 3.88. The van der Waals surface area contributed by atoms with E-state index in [1.165, 1.54) is 11.1 Å². The molecule has 1 amide bonds. The first kappa shape index (κ1) is 19.5. The minimum absolute atomic E-state index is 0.0722. The van der Waals surface area contributed by atoms with Gasteiger partial charge < -0.3 is 9.88 Å². The molecular formula is C20H26N4O2S. The number of benzene rings is 1. The third-order valence-electron chi connectivity index (χ3n) is 4.69. The maximum absolute atomic E-state index is 12.8. The Kier molecular flexibility index (Phi) is 6.21. The Hall–Kier alpha value is -2.28. The smallest absolute Gasteiger partial charge is 0.291 e. The van der Waals surface area contributed by atoms with Crippen molar-refractivity contribution in [1.29, 1.82) is 0 Å². The van der Waals surface area contributed by atoms with E-state index >= 15 is 0 Å². The lowest BCUT2D eigenvalue weighted by molar-refractivity contribution is -0.123. The molecule has 2 heterocycles. The first-order valence-corrected chi connectivity index (χ1v) is 10.5. The normalized spacial score (nSPS) is 12.6. The van der Waals surface area contributed by atoms with Crippen molar-refractivity contribution in [1.82, 2.24) is 19.7 Å². The summed E-state index contributed by atoms with van der Waals surface area (Å²) < 4.78 is 3.16. The summed E-state index contributed by atoms with van der Waals surface area (Å²) in [5.41, 5.74) is 1.20. The largest absolute Gasteiger partial charge is 0.354 e. The highest BCUT2D eigenvalue weighted by Gasteiger charge is 2.22. The molecule has 0 fully saturated rings. The van der Waals surface area contributed by atoms with Crippen LogP contribution in [0, 0.1) is 0 Å². The monoisotopic (exact) mass is 386 g/mol. The number of fused-ring (bicyclic) bond motifs is 3. The average Bonchev–Trinajstić information content (AvgIpc) is 3.01. The van der Waals surface area contributed by atoms with Gasteiger partial charge in [0.2, 0.25) is 5.91 Å². The molecule has 0 spiro atoms. The molecular weight excluding hydrogens is 360 g/mol. The fourth-order valence-corrected chi connectivity index (χ4v) is 4.13. The second-order valence-electron chi connectivity index (χ2n) is 6.66. The van der Waals surface area contributed by atoms with Crippen molar-refractivity contribution in [2.45, 2.75) is 32.7 Å². The predicted octanol–water partition coefficient (Wildman–Crippen LogP) is 3.10. The van der Waals surface area contributed by atoms with Gasteiger partial charge in [-0.1, -0.05) is 25.1 Å². The topological polar surface area (TPSA) is 68.9 Å². The summed E-state index contributed by atoms with van der Waals surface area (Å²) in [6, 6.07) is 7.28. The van der Waals surface area contributed by atoms with Crippen molar-refractivity contribution < 1.29 is 4.79 Å². The molecule has 1 atom stereocenters. The molecule has 0 bridgehead atoms. The Labute approximate surface area is 162 Å². The second kappa shape index (κ2) is 8.61. The lowest BCUT2D eigenvalue weighted by Crippen LogP contribution is -2.33. The molecule has 3 aromatic rings. The summed E-state index contributed by atoms with van der Waals surface area (Å²) >= 11 is 1.91. The van der Waals surface area contributed by atoms with Crippen molar-refractivity contribution >= 4 is 39.5 Å². The summed E-state index contributed by atoms with van der Waals surface area (Å²) in [6.07, 6.45) is 3.82. The molecule has 144 valence electrons. The summed E-state index contributed by atoms with van der Waals surface area (Å²) in [5.74, 6) is 2.13. The molecule has 3 rings (SSSR count). The average molecular weight is 387 g/mol. The Bertz CT molecular complexity index is 1010. The van der Waals surface area contributed by atoms with Crippen molar-refractivity contribution in [2.24, 2.45) is 7.05 Å². The van der Waals surface area contributed by atoms with Crippen LogP contribution in [-0.2, 0) is 11.8 Å². The van der Waals surface area contributed by atoms with Gasteiger partial charge >= 0.3 is 0 Å². The number of carbonyl (C=O) groups is 1. The molecule has 27 heavy (non-hydrogen) atoms. The van der Waals surface area contributed by atoms with Gasteiger partial charge in [0.1, 0.15) is 11.6 Å². The number of hydrogen-bond donors (Lipinski definition) is 1. The lowest BCUT2D eigenvalue weighted by atomic mass is 10.2. The second-order valence-corrected chi connectivity index (χ2v) is 7.88. The molecule has 0 aliphatic rings. The maximum Gasteiger partial charge on any atom is 0.291 e. The zero-order valence-electron chi connectivity index (χ0n) is 16.1. The molecule has 0 saturated heterocycles. The summed E-state index contributed by atoms with van der Waals surface area (Å²) in [6.45, 7) is 4.66. The maximum atomic E-state index is 12.8. The van der Waals surface area contributed by atoms with E-state index in [9.17, 15) is 9.59 Å². The summed E-state index contributed by atoms with van der Waals surface area (Å²) in [4.78, 5) is 25.5. The zero-order valence-corrected chi connectivity index (χ0v) is 16.9. The van der Waals surface area contributed by atoms with E-state index < -0.39 is 6.04 Å². The minimum atomic E-state index is -0.481. The zero-order chi connectivity index (χ0) is 19.4. The number of aromatic nitrogens is 3. The first-order valence-electron chi connectivity index (χ1n) is 9.36. The van der Waals surface area contributed by atoms with Crippen LogP contribution >= 0.6 is 11.8 Å². The van der Waals surface area contributed by atoms with Crippen molar-refractivity contribution in [3.05, 3.63) is 40.8 Å². The molecule has 7 heteroatoms. The van der Waals surface area contributed by atoms with Gasteiger partial charge in [0, 0.05) is 24.4 Å². The molecule has 6 nitrogen and oxygen atoms in total. The van der Waals surface area contributed by atoms with E-state index in [4.69, 9.17) is 0 Å². The number of carbonyl (C=O) groups excluding carboxylic acids is 1. The number of para-hydroxylation sites is 1. The number of rotatable bonds is 8. The predicted molar refractivity (Wildman–Crippen MR) is 112 cm³/mol. The molecule has 1 aromatic carbocycles. The van der Waals surface area contributed by atoms with E-state index in [-0.39, 0.29) is 11.5 Å². The molecule has 0 aliphatic carbocycles. The van der Waals surface area contributed by atoms with E-state index in [0.29, 0.717) is 12.1 Å². The van der Waals surface area contributed by atoms with Crippen LogP contribution in [-0.4, -0.2) is 38.3 Å².